The van der Waals surface area contributed by atoms with E-state index in [1.54, 1.807) is 7.11 Å². The summed E-state index contributed by atoms with van der Waals surface area (Å²) in [5, 5.41) is 0.0292. The van der Waals surface area contributed by atoms with Crippen molar-refractivity contribution in [2.45, 2.75) is 6.54 Å². The molecule has 0 unspecified atom stereocenters. The van der Waals surface area contributed by atoms with Crippen molar-refractivity contribution in [3.8, 4) is 0 Å². The maximum atomic E-state index is 11.5. The first-order chi connectivity index (χ1) is 7.66. The van der Waals surface area contributed by atoms with Crippen LogP contribution in [0.4, 0.5) is 5.69 Å². The number of methoxy groups -OCH3 is 1. The molecule has 0 saturated carbocycles. The Morgan fingerprint density at radius 2 is 2.25 bits per heavy atom. The van der Waals surface area contributed by atoms with E-state index in [0.29, 0.717) is 26.4 Å². The van der Waals surface area contributed by atoms with Crippen molar-refractivity contribution in [3.63, 3.8) is 0 Å². The molecule has 6 nitrogen and oxygen atoms in total. The summed E-state index contributed by atoms with van der Waals surface area (Å²) in [7, 11) is 1.59. The van der Waals surface area contributed by atoms with Crippen LogP contribution in [0.2, 0.25) is 5.15 Å². The standard InChI is InChI=1S/C9H14ClN3O3/c1-15-4-5-16-3-2-13-6-12-8(10)7(11)9(13)14/h6H,2-5,11H2,1H3. The normalized spacial score (nSPS) is 10.6. The summed E-state index contributed by atoms with van der Waals surface area (Å²) >= 11 is 5.59. The molecule has 7 heteroatoms. The van der Waals surface area contributed by atoms with Gasteiger partial charge in [0.05, 0.1) is 32.7 Å². The molecule has 0 aliphatic carbocycles. The molecule has 0 aliphatic heterocycles. The summed E-state index contributed by atoms with van der Waals surface area (Å²) in [6.07, 6.45) is 1.35. The van der Waals surface area contributed by atoms with E-state index in [9.17, 15) is 4.79 Å². The smallest absolute Gasteiger partial charge is 0.278 e. The second-order valence-corrected chi connectivity index (χ2v) is 3.41. The molecular formula is C9H14ClN3O3. The second-order valence-electron chi connectivity index (χ2n) is 3.05. The molecule has 0 fully saturated rings. The van der Waals surface area contributed by atoms with E-state index in [2.05, 4.69) is 4.98 Å². The molecule has 0 aromatic carbocycles. The molecular weight excluding hydrogens is 234 g/mol. The first-order valence-electron chi connectivity index (χ1n) is 4.74. The van der Waals surface area contributed by atoms with E-state index in [1.807, 2.05) is 0 Å². The maximum absolute atomic E-state index is 11.5. The minimum Gasteiger partial charge on any atom is -0.392 e. The van der Waals surface area contributed by atoms with Gasteiger partial charge in [0.15, 0.2) is 5.15 Å². The van der Waals surface area contributed by atoms with Crippen molar-refractivity contribution in [1.82, 2.24) is 9.55 Å². The number of nitrogens with zero attached hydrogens (tertiary/aromatic N) is 2. The van der Waals surface area contributed by atoms with Gasteiger partial charge < -0.3 is 15.2 Å². The van der Waals surface area contributed by atoms with Gasteiger partial charge in [0, 0.05) is 7.11 Å². The van der Waals surface area contributed by atoms with Gasteiger partial charge in [0.25, 0.3) is 5.56 Å². The Bertz CT molecular complexity index is 394. The molecule has 16 heavy (non-hydrogen) atoms. The summed E-state index contributed by atoms with van der Waals surface area (Å²) in [5.41, 5.74) is 5.05. The van der Waals surface area contributed by atoms with Crippen LogP contribution in [0.5, 0.6) is 0 Å². The van der Waals surface area contributed by atoms with Crippen molar-refractivity contribution in [1.29, 1.82) is 0 Å². The lowest BCUT2D eigenvalue weighted by atomic mass is 10.5. The third kappa shape index (κ3) is 3.48. The highest BCUT2D eigenvalue weighted by Gasteiger charge is 2.05. The largest absolute Gasteiger partial charge is 0.392 e. The predicted octanol–water partition coefficient (Wildman–Crippen LogP) is 0.142. The van der Waals surface area contributed by atoms with Crippen LogP contribution in [0, 0.1) is 0 Å². The number of anilines is 1. The second kappa shape index (κ2) is 6.47. The lowest BCUT2D eigenvalue weighted by Crippen LogP contribution is -2.25. The van der Waals surface area contributed by atoms with Crippen molar-refractivity contribution in [3.05, 3.63) is 21.8 Å². The van der Waals surface area contributed by atoms with Gasteiger partial charge in [-0.2, -0.15) is 0 Å². The van der Waals surface area contributed by atoms with Gasteiger partial charge in [-0.05, 0) is 0 Å². The topological polar surface area (TPSA) is 79.4 Å². The molecule has 0 aliphatic rings. The summed E-state index contributed by atoms with van der Waals surface area (Å²) in [6, 6.07) is 0. The average molecular weight is 248 g/mol. The molecule has 0 bridgehead atoms. The number of hydrogen-bond acceptors (Lipinski definition) is 5. The Morgan fingerprint density at radius 1 is 1.50 bits per heavy atom. The highest BCUT2D eigenvalue weighted by Crippen LogP contribution is 2.07. The first kappa shape index (κ1) is 13.0. The van der Waals surface area contributed by atoms with Crippen LogP contribution >= 0.6 is 11.6 Å². The number of rotatable bonds is 6. The molecule has 1 aromatic heterocycles. The van der Waals surface area contributed by atoms with E-state index in [-0.39, 0.29) is 16.4 Å². The number of halogens is 1. The van der Waals surface area contributed by atoms with Crippen LogP contribution in [0.1, 0.15) is 0 Å². The van der Waals surface area contributed by atoms with Gasteiger partial charge in [-0.3, -0.25) is 9.36 Å². The molecule has 2 N–H and O–H groups in total. The highest BCUT2D eigenvalue weighted by atomic mass is 35.5. The molecule has 1 heterocycles. The fourth-order valence-electron chi connectivity index (χ4n) is 1.05. The van der Waals surface area contributed by atoms with E-state index in [0.717, 1.165) is 0 Å². The van der Waals surface area contributed by atoms with Crippen LogP contribution in [0.3, 0.4) is 0 Å². The van der Waals surface area contributed by atoms with Gasteiger partial charge >= 0.3 is 0 Å². The number of aromatic nitrogens is 2. The van der Waals surface area contributed by atoms with Crippen LogP contribution in [-0.4, -0.2) is 36.5 Å². The quantitative estimate of drug-likeness (QED) is 0.572. The van der Waals surface area contributed by atoms with E-state index >= 15 is 0 Å². The minimum atomic E-state index is -0.352. The number of nitrogens with two attached hydrogens (primary N) is 1. The third-order valence-corrected chi connectivity index (χ3v) is 2.23. The van der Waals surface area contributed by atoms with E-state index in [1.165, 1.54) is 10.9 Å². The van der Waals surface area contributed by atoms with Crippen molar-refractivity contribution < 1.29 is 9.47 Å². The van der Waals surface area contributed by atoms with Crippen LogP contribution in [0.25, 0.3) is 0 Å². The summed E-state index contributed by atoms with van der Waals surface area (Å²) < 4.78 is 11.4. The monoisotopic (exact) mass is 247 g/mol. The number of hydrogen-bond donors (Lipinski definition) is 1. The SMILES string of the molecule is COCCOCCn1cnc(Cl)c(N)c1=O. The van der Waals surface area contributed by atoms with Gasteiger partial charge in [0.1, 0.15) is 5.69 Å². The fraction of sp³-hybridized carbons (Fsp3) is 0.556. The predicted molar refractivity (Wildman–Crippen MR) is 60.6 cm³/mol. The lowest BCUT2D eigenvalue weighted by molar-refractivity contribution is 0.0662. The zero-order valence-electron chi connectivity index (χ0n) is 8.98. The van der Waals surface area contributed by atoms with E-state index in [4.69, 9.17) is 26.8 Å². The third-order valence-electron chi connectivity index (χ3n) is 1.93. The Morgan fingerprint density at radius 3 is 2.94 bits per heavy atom. The Hall–Kier alpha value is -1.11. The molecule has 0 radical (unpaired) electrons. The Balaban J connectivity index is 2.49. The van der Waals surface area contributed by atoms with Crippen LogP contribution < -0.4 is 11.3 Å². The first-order valence-corrected chi connectivity index (χ1v) is 5.11. The molecule has 1 rings (SSSR count). The Labute approximate surface area is 97.9 Å². The number of ether oxygens (including phenoxy) is 2. The van der Waals surface area contributed by atoms with Gasteiger partial charge in [-0.1, -0.05) is 11.6 Å². The lowest BCUT2D eigenvalue weighted by Gasteiger charge is -2.07. The van der Waals surface area contributed by atoms with Gasteiger partial charge in [-0.25, -0.2) is 4.98 Å². The summed E-state index contributed by atoms with van der Waals surface area (Å²) in [4.78, 5) is 15.3. The average Bonchev–Trinajstić information content (AvgIpc) is 2.28. The summed E-state index contributed by atoms with van der Waals surface area (Å²) in [6.45, 7) is 1.79. The molecule has 0 atom stereocenters. The minimum absolute atomic E-state index is 0.0292. The molecule has 0 spiro atoms. The molecule has 0 saturated heterocycles. The van der Waals surface area contributed by atoms with Crippen molar-refractivity contribution in [2.24, 2.45) is 0 Å². The summed E-state index contributed by atoms with van der Waals surface area (Å²) in [5.74, 6) is 0. The zero-order valence-corrected chi connectivity index (χ0v) is 9.74. The fourth-order valence-corrected chi connectivity index (χ4v) is 1.18. The van der Waals surface area contributed by atoms with Crippen molar-refractivity contribution >= 4 is 17.3 Å². The maximum Gasteiger partial charge on any atom is 0.278 e. The van der Waals surface area contributed by atoms with Gasteiger partial charge in [0.2, 0.25) is 0 Å². The molecule has 1 aromatic rings. The van der Waals surface area contributed by atoms with Crippen LogP contribution in [0.15, 0.2) is 11.1 Å². The number of nitrogen functional groups attached to an aromatic ring is 1. The highest BCUT2D eigenvalue weighted by molar-refractivity contribution is 6.31. The zero-order chi connectivity index (χ0) is 12.0. The molecule has 90 valence electrons. The van der Waals surface area contributed by atoms with E-state index < -0.39 is 0 Å². The van der Waals surface area contributed by atoms with Crippen LogP contribution in [-0.2, 0) is 16.0 Å². The Kier molecular flexibility index (Phi) is 5.24. The van der Waals surface area contributed by atoms with Gasteiger partial charge in [-0.15, -0.1) is 0 Å². The molecule has 0 amide bonds. The van der Waals surface area contributed by atoms with Crippen molar-refractivity contribution in [2.75, 3.05) is 32.7 Å².